The number of ether oxygens (including phenoxy) is 1. The van der Waals surface area contributed by atoms with E-state index in [4.69, 9.17) is 16.3 Å². The molecule has 2 aliphatic carbocycles. The summed E-state index contributed by atoms with van der Waals surface area (Å²) in [6.45, 7) is 17.9. The third-order valence-corrected chi connectivity index (χ3v) is 16.8. The number of halogens is 1. The number of rotatable bonds is 15. The molecule has 14 heteroatoms. The van der Waals surface area contributed by atoms with Crippen molar-refractivity contribution in [1.29, 1.82) is 0 Å². The van der Waals surface area contributed by atoms with Crippen molar-refractivity contribution in [2.24, 2.45) is 0 Å². The Bertz CT molecular complexity index is 3030. The lowest BCUT2D eigenvalue weighted by atomic mass is 9.79. The standard InChI is InChI=1S/C63H73ClN6O7/c1-38(2)47-26-20-27-48(39(3)4)52(47)65-56(71)54(67-58(73)62(32-15-11-16-33-62)69(60(67)75)43-22-19-25-46(37-43)77-45-23-13-10-14-24-45)55(57(72)66-53-49(40(5)6)28-21-29-50(53)41(7)8)68-59(74)63(34-17-12-18-35-63)70(61(68)76)44-30-31-51(64)42(9)36-44/h10,13-14,19-31,36-41,54-55H,11-12,15-18,32-35H2,1-9H3,(H,65,71)(H,66,72). The van der Waals surface area contributed by atoms with Gasteiger partial charge in [-0.25, -0.2) is 19.4 Å². The number of aryl methyl sites for hydroxylation is 1. The molecule has 0 radical (unpaired) electrons. The lowest BCUT2D eigenvalue weighted by molar-refractivity contribution is -0.145. The maximum atomic E-state index is 16.5. The quantitative estimate of drug-likeness (QED) is 0.0992. The zero-order chi connectivity index (χ0) is 55.1. The Labute approximate surface area is 458 Å². The molecule has 0 aromatic heterocycles. The molecule has 404 valence electrons. The highest BCUT2D eigenvalue weighted by Gasteiger charge is 2.67. The summed E-state index contributed by atoms with van der Waals surface area (Å²) in [5.74, 6) is -2.63. The van der Waals surface area contributed by atoms with Crippen LogP contribution in [0.3, 0.4) is 0 Å². The zero-order valence-electron chi connectivity index (χ0n) is 46.0. The number of anilines is 4. The molecule has 2 heterocycles. The third kappa shape index (κ3) is 10.0. The maximum absolute atomic E-state index is 16.5. The molecule has 4 aliphatic rings. The fourth-order valence-corrected chi connectivity index (χ4v) is 12.5. The number of amides is 8. The number of imide groups is 2. The normalized spacial score (nSPS) is 18.2. The molecule has 77 heavy (non-hydrogen) atoms. The Balaban J connectivity index is 1.31. The highest BCUT2D eigenvalue weighted by molar-refractivity contribution is 6.31. The van der Waals surface area contributed by atoms with Gasteiger partial charge in [0.15, 0.2) is 12.1 Å². The topological polar surface area (TPSA) is 149 Å². The molecule has 5 aromatic rings. The van der Waals surface area contributed by atoms with Gasteiger partial charge in [0.2, 0.25) is 11.8 Å². The van der Waals surface area contributed by atoms with Crippen molar-refractivity contribution in [3.8, 4) is 11.5 Å². The van der Waals surface area contributed by atoms with Crippen molar-refractivity contribution >= 4 is 70.0 Å². The van der Waals surface area contributed by atoms with Crippen LogP contribution in [0.5, 0.6) is 11.5 Å². The predicted octanol–water partition coefficient (Wildman–Crippen LogP) is 14.6. The Hall–Kier alpha value is -6.99. The number of nitrogens with one attached hydrogen (secondary N) is 2. The number of hydrogen-bond donors (Lipinski definition) is 2. The van der Waals surface area contributed by atoms with Crippen LogP contribution in [0.4, 0.5) is 32.3 Å². The minimum atomic E-state index is -2.10. The van der Waals surface area contributed by atoms with E-state index in [1.54, 1.807) is 42.5 Å². The highest BCUT2D eigenvalue weighted by Crippen LogP contribution is 2.49. The van der Waals surface area contributed by atoms with Gasteiger partial charge in [-0.1, -0.05) is 166 Å². The van der Waals surface area contributed by atoms with Crippen LogP contribution in [0.25, 0.3) is 0 Å². The van der Waals surface area contributed by atoms with Crippen LogP contribution in [-0.2, 0) is 19.2 Å². The van der Waals surface area contributed by atoms with Crippen LogP contribution >= 0.6 is 11.6 Å². The first-order valence-electron chi connectivity index (χ1n) is 27.6. The van der Waals surface area contributed by atoms with Crippen LogP contribution < -0.4 is 25.2 Å². The van der Waals surface area contributed by atoms with Crippen molar-refractivity contribution in [3.63, 3.8) is 0 Å². The molecule has 9 rings (SSSR count). The van der Waals surface area contributed by atoms with Crippen LogP contribution in [0.1, 0.15) is 171 Å². The lowest BCUT2D eigenvalue weighted by Gasteiger charge is -2.39. The van der Waals surface area contributed by atoms with Gasteiger partial charge in [0.05, 0.1) is 5.69 Å². The van der Waals surface area contributed by atoms with Gasteiger partial charge in [-0.05, 0) is 127 Å². The minimum Gasteiger partial charge on any atom is -0.457 e. The van der Waals surface area contributed by atoms with Gasteiger partial charge >= 0.3 is 12.1 Å². The summed E-state index contributed by atoms with van der Waals surface area (Å²) in [6.07, 6.45) is 5.07. The molecule has 0 bridgehead atoms. The van der Waals surface area contributed by atoms with E-state index in [1.807, 2.05) is 129 Å². The van der Waals surface area contributed by atoms with Crippen molar-refractivity contribution in [3.05, 3.63) is 142 Å². The molecule has 2 saturated heterocycles. The molecule has 2 aliphatic heterocycles. The van der Waals surface area contributed by atoms with E-state index in [-0.39, 0.29) is 49.4 Å². The fraction of sp³-hybridized carbons (Fsp3) is 0.429. The van der Waals surface area contributed by atoms with Gasteiger partial charge in [0.25, 0.3) is 11.8 Å². The summed E-state index contributed by atoms with van der Waals surface area (Å²) >= 11 is 6.61. The smallest absolute Gasteiger partial charge is 0.333 e. The van der Waals surface area contributed by atoms with Gasteiger partial charge < -0.3 is 15.4 Å². The second-order valence-corrected chi connectivity index (χ2v) is 23.1. The molecule has 2 unspecified atom stereocenters. The Morgan fingerprint density at radius 3 is 1.29 bits per heavy atom. The number of hydrogen-bond acceptors (Lipinski definition) is 7. The summed E-state index contributed by atoms with van der Waals surface area (Å²) in [5, 5.41) is 6.86. The number of para-hydroxylation sites is 3. The third-order valence-electron chi connectivity index (χ3n) is 16.3. The minimum absolute atomic E-state index is 0.101. The number of carbonyl (C=O) groups excluding carboxylic acids is 6. The first kappa shape index (κ1) is 54.8. The summed E-state index contributed by atoms with van der Waals surface area (Å²) in [6, 6.07) is 26.9. The summed E-state index contributed by atoms with van der Waals surface area (Å²) < 4.78 is 6.29. The SMILES string of the molecule is Cc1cc(N2C(=O)N(C(C(=O)Nc3c(C(C)C)cccc3C(C)C)C(C(=O)Nc3c(C(C)C)cccc3C(C)C)N3C(=O)N(c4cccc(Oc5ccccc5)c4)C4(CCCCC4)C3=O)C(=O)C23CCCCC3)ccc1Cl. The summed E-state index contributed by atoms with van der Waals surface area (Å²) in [7, 11) is 0. The second kappa shape index (κ2) is 22.2. The average Bonchev–Trinajstić information content (AvgIpc) is 3.90. The molecule has 8 amide bonds. The number of urea groups is 2. The Kier molecular flexibility index (Phi) is 15.8. The molecule has 2 N–H and O–H groups in total. The molecule has 4 fully saturated rings. The van der Waals surface area contributed by atoms with E-state index < -0.39 is 58.9 Å². The van der Waals surface area contributed by atoms with Crippen molar-refractivity contribution < 1.29 is 33.5 Å². The fourth-order valence-electron chi connectivity index (χ4n) is 12.4. The van der Waals surface area contributed by atoms with E-state index in [0.717, 1.165) is 44.9 Å². The van der Waals surface area contributed by atoms with E-state index in [2.05, 4.69) is 10.6 Å². The molecule has 5 aromatic carbocycles. The molecule has 13 nitrogen and oxygen atoms in total. The van der Waals surface area contributed by atoms with Gasteiger partial charge in [0.1, 0.15) is 22.6 Å². The van der Waals surface area contributed by atoms with Crippen LogP contribution in [-0.4, -0.2) is 68.7 Å². The van der Waals surface area contributed by atoms with Crippen molar-refractivity contribution in [2.75, 3.05) is 20.4 Å². The van der Waals surface area contributed by atoms with Crippen molar-refractivity contribution in [1.82, 2.24) is 9.80 Å². The molecular weight excluding hydrogens is 988 g/mol. The highest BCUT2D eigenvalue weighted by atomic mass is 35.5. The number of carbonyl (C=O) groups is 6. The number of benzene rings is 5. The van der Waals surface area contributed by atoms with E-state index in [1.165, 1.54) is 9.80 Å². The van der Waals surface area contributed by atoms with Gasteiger partial charge in [-0.3, -0.25) is 29.0 Å². The van der Waals surface area contributed by atoms with E-state index in [0.29, 0.717) is 70.5 Å². The van der Waals surface area contributed by atoms with Gasteiger partial charge in [0, 0.05) is 28.2 Å². The summed E-state index contributed by atoms with van der Waals surface area (Å²) in [4.78, 5) is 103. The Morgan fingerprint density at radius 1 is 0.494 bits per heavy atom. The van der Waals surface area contributed by atoms with Crippen molar-refractivity contribution in [2.45, 2.75) is 173 Å². The van der Waals surface area contributed by atoms with Crippen LogP contribution in [0, 0.1) is 6.92 Å². The van der Waals surface area contributed by atoms with E-state index in [9.17, 15) is 0 Å². The first-order chi connectivity index (χ1) is 36.8. The van der Waals surface area contributed by atoms with Gasteiger partial charge in [-0.15, -0.1) is 0 Å². The van der Waals surface area contributed by atoms with Crippen LogP contribution in [0.2, 0.25) is 5.02 Å². The van der Waals surface area contributed by atoms with Crippen LogP contribution in [0.15, 0.2) is 109 Å². The number of nitrogens with zero attached hydrogens (tertiary/aromatic N) is 4. The second-order valence-electron chi connectivity index (χ2n) is 22.7. The first-order valence-corrected chi connectivity index (χ1v) is 28.0. The Morgan fingerprint density at radius 2 is 0.883 bits per heavy atom. The van der Waals surface area contributed by atoms with E-state index >= 15 is 28.8 Å². The predicted molar refractivity (Wildman–Crippen MR) is 304 cm³/mol. The molecule has 2 spiro atoms. The average molecular weight is 1060 g/mol. The lowest BCUT2D eigenvalue weighted by Crippen LogP contribution is -2.65. The summed E-state index contributed by atoms with van der Waals surface area (Å²) in [5.41, 5.74) is 2.51. The van der Waals surface area contributed by atoms with Gasteiger partial charge in [-0.2, -0.15) is 0 Å². The zero-order valence-corrected chi connectivity index (χ0v) is 46.7. The maximum Gasteiger partial charge on any atom is 0.333 e. The molecular formula is C63H73ClN6O7. The largest absolute Gasteiger partial charge is 0.457 e. The molecule has 2 saturated carbocycles. The monoisotopic (exact) mass is 1060 g/mol. The molecule has 2 atom stereocenters.